The van der Waals surface area contributed by atoms with Crippen LogP contribution in [-0.2, 0) is 0 Å². The first-order chi connectivity index (χ1) is 9.13. The highest BCUT2D eigenvalue weighted by Gasteiger charge is 2.20. The Morgan fingerprint density at radius 2 is 2.11 bits per heavy atom. The maximum absolute atomic E-state index is 6.28. The summed E-state index contributed by atoms with van der Waals surface area (Å²) in [6, 6.07) is 7.89. The molecule has 0 fully saturated rings. The SMILES string of the molecule is CCCNC(c1ccc(Cl)cc1Br)c1sccc1Cl. The zero-order valence-corrected chi connectivity index (χ0v) is 14.3. The first-order valence-corrected chi connectivity index (χ1v) is 8.47. The average Bonchev–Trinajstić information content (AvgIpc) is 2.78. The minimum absolute atomic E-state index is 0.0964. The van der Waals surface area contributed by atoms with Crippen LogP contribution in [0.5, 0.6) is 0 Å². The topological polar surface area (TPSA) is 12.0 Å². The molecule has 1 N–H and O–H groups in total. The summed E-state index contributed by atoms with van der Waals surface area (Å²) in [5, 5.41) is 7.09. The molecule has 0 amide bonds. The number of thiophene rings is 1. The van der Waals surface area contributed by atoms with Crippen LogP contribution in [-0.4, -0.2) is 6.54 Å². The molecule has 1 unspecified atom stereocenters. The van der Waals surface area contributed by atoms with Crippen LogP contribution in [0.4, 0.5) is 0 Å². The molecule has 1 atom stereocenters. The molecule has 0 saturated carbocycles. The van der Waals surface area contributed by atoms with Crippen molar-refractivity contribution >= 4 is 50.5 Å². The zero-order chi connectivity index (χ0) is 13.8. The third-order valence-corrected chi connectivity index (χ3v) is 5.12. The van der Waals surface area contributed by atoms with Gasteiger partial charge in [-0.25, -0.2) is 0 Å². The molecular formula is C14H14BrCl2NS. The number of halogens is 3. The van der Waals surface area contributed by atoms with Crippen molar-refractivity contribution in [2.75, 3.05) is 6.54 Å². The Balaban J connectivity index is 2.40. The van der Waals surface area contributed by atoms with E-state index in [1.807, 2.05) is 29.6 Å². The first-order valence-electron chi connectivity index (χ1n) is 6.04. The Labute approximate surface area is 136 Å². The minimum atomic E-state index is 0.0964. The molecule has 0 bridgehead atoms. The maximum Gasteiger partial charge on any atom is 0.0697 e. The Morgan fingerprint density at radius 1 is 1.32 bits per heavy atom. The standard InChI is InChI=1S/C14H14BrCl2NS/c1-2-6-18-13(14-12(17)5-7-19-14)10-4-3-9(16)8-11(10)15/h3-5,7-8,13,18H,2,6H2,1H3. The van der Waals surface area contributed by atoms with Crippen LogP contribution < -0.4 is 5.32 Å². The van der Waals surface area contributed by atoms with E-state index in [1.165, 1.54) is 0 Å². The second kappa shape index (κ2) is 7.09. The molecule has 0 spiro atoms. The van der Waals surface area contributed by atoms with E-state index in [2.05, 4.69) is 28.2 Å². The molecule has 5 heteroatoms. The van der Waals surface area contributed by atoms with Crippen LogP contribution in [0.1, 0.15) is 29.8 Å². The summed E-state index contributed by atoms with van der Waals surface area (Å²) in [4.78, 5) is 1.14. The summed E-state index contributed by atoms with van der Waals surface area (Å²) in [5.41, 5.74) is 1.15. The van der Waals surface area contributed by atoms with Crippen LogP contribution in [0.15, 0.2) is 34.1 Å². The fourth-order valence-corrected chi connectivity index (χ4v) is 4.05. The highest BCUT2D eigenvalue weighted by atomic mass is 79.9. The van der Waals surface area contributed by atoms with Gasteiger partial charge >= 0.3 is 0 Å². The largest absolute Gasteiger partial charge is 0.306 e. The number of hydrogen-bond acceptors (Lipinski definition) is 2. The number of nitrogens with one attached hydrogen (secondary N) is 1. The van der Waals surface area contributed by atoms with Gasteiger partial charge in [-0.1, -0.05) is 52.1 Å². The lowest BCUT2D eigenvalue weighted by Crippen LogP contribution is -2.23. The fourth-order valence-electron chi connectivity index (χ4n) is 1.88. The Hall–Kier alpha value is -0.0600. The van der Waals surface area contributed by atoms with Gasteiger partial charge in [0.1, 0.15) is 0 Å². The van der Waals surface area contributed by atoms with Crippen molar-refractivity contribution in [2.24, 2.45) is 0 Å². The zero-order valence-electron chi connectivity index (χ0n) is 10.4. The van der Waals surface area contributed by atoms with Gasteiger partial charge in [0.15, 0.2) is 0 Å². The lowest BCUT2D eigenvalue weighted by molar-refractivity contribution is 0.604. The molecule has 102 valence electrons. The Bertz CT molecular complexity index is 556. The van der Waals surface area contributed by atoms with E-state index >= 15 is 0 Å². The van der Waals surface area contributed by atoms with Crippen molar-refractivity contribution in [1.82, 2.24) is 5.32 Å². The summed E-state index contributed by atoms with van der Waals surface area (Å²) in [6.45, 7) is 3.09. The normalized spacial score (nSPS) is 12.6. The Morgan fingerprint density at radius 3 is 2.68 bits per heavy atom. The van der Waals surface area contributed by atoms with Gasteiger partial charge < -0.3 is 5.32 Å². The molecule has 0 aliphatic heterocycles. The minimum Gasteiger partial charge on any atom is -0.306 e. The molecule has 0 radical (unpaired) electrons. The number of hydrogen-bond donors (Lipinski definition) is 1. The van der Waals surface area contributed by atoms with Crippen LogP contribution in [0.2, 0.25) is 10.0 Å². The van der Waals surface area contributed by atoms with Crippen molar-refractivity contribution in [1.29, 1.82) is 0 Å². The van der Waals surface area contributed by atoms with E-state index in [1.54, 1.807) is 11.3 Å². The third-order valence-electron chi connectivity index (χ3n) is 2.78. The Kier molecular flexibility index (Phi) is 5.72. The van der Waals surface area contributed by atoms with E-state index < -0.39 is 0 Å². The highest BCUT2D eigenvalue weighted by Crippen LogP contribution is 2.36. The lowest BCUT2D eigenvalue weighted by atomic mass is 10.1. The summed E-state index contributed by atoms with van der Waals surface area (Å²) >= 11 is 17.5. The van der Waals surface area contributed by atoms with Crippen molar-refractivity contribution in [3.05, 3.63) is 54.6 Å². The monoisotopic (exact) mass is 377 g/mol. The second-order valence-electron chi connectivity index (χ2n) is 4.19. The van der Waals surface area contributed by atoms with E-state index in [0.29, 0.717) is 0 Å². The molecule has 1 heterocycles. The summed E-state index contributed by atoms with van der Waals surface area (Å²) in [5.74, 6) is 0. The van der Waals surface area contributed by atoms with Crippen molar-refractivity contribution in [3.63, 3.8) is 0 Å². The molecule has 0 aliphatic rings. The van der Waals surface area contributed by atoms with Crippen LogP contribution in [0.3, 0.4) is 0 Å². The number of rotatable bonds is 5. The van der Waals surface area contributed by atoms with Gasteiger partial charge in [0.05, 0.1) is 11.1 Å². The average molecular weight is 379 g/mol. The predicted molar refractivity (Wildman–Crippen MR) is 88.6 cm³/mol. The lowest BCUT2D eigenvalue weighted by Gasteiger charge is -2.20. The van der Waals surface area contributed by atoms with E-state index in [0.717, 1.165) is 37.9 Å². The van der Waals surface area contributed by atoms with E-state index in [-0.39, 0.29) is 6.04 Å². The summed E-state index contributed by atoms with van der Waals surface area (Å²) in [6.07, 6.45) is 1.07. The summed E-state index contributed by atoms with van der Waals surface area (Å²) in [7, 11) is 0. The molecule has 0 saturated heterocycles. The molecule has 1 nitrogen and oxygen atoms in total. The molecule has 19 heavy (non-hydrogen) atoms. The molecule has 1 aromatic carbocycles. The smallest absolute Gasteiger partial charge is 0.0697 e. The summed E-state index contributed by atoms with van der Waals surface area (Å²) < 4.78 is 0.998. The molecule has 2 rings (SSSR count). The van der Waals surface area contributed by atoms with Crippen molar-refractivity contribution in [2.45, 2.75) is 19.4 Å². The van der Waals surface area contributed by atoms with Gasteiger partial charge in [-0.3, -0.25) is 0 Å². The van der Waals surface area contributed by atoms with Crippen LogP contribution >= 0.6 is 50.5 Å². The fraction of sp³-hybridized carbons (Fsp3) is 0.286. The molecule has 0 aliphatic carbocycles. The maximum atomic E-state index is 6.28. The quantitative estimate of drug-likeness (QED) is 0.682. The third kappa shape index (κ3) is 3.73. The van der Waals surface area contributed by atoms with E-state index in [9.17, 15) is 0 Å². The van der Waals surface area contributed by atoms with Gasteiger partial charge in [-0.2, -0.15) is 0 Å². The van der Waals surface area contributed by atoms with Crippen molar-refractivity contribution < 1.29 is 0 Å². The molecular weight excluding hydrogens is 365 g/mol. The second-order valence-corrected chi connectivity index (χ2v) is 6.83. The molecule has 1 aromatic heterocycles. The van der Waals surface area contributed by atoms with Gasteiger partial charge in [-0.05, 0) is 42.1 Å². The number of benzene rings is 1. The van der Waals surface area contributed by atoms with Gasteiger partial charge in [0.25, 0.3) is 0 Å². The van der Waals surface area contributed by atoms with Gasteiger partial charge in [0.2, 0.25) is 0 Å². The van der Waals surface area contributed by atoms with E-state index in [4.69, 9.17) is 23.2 Å². The van der Waals surface area contributed by atoms with Gasteiger partial charge in [0, 0.05) is 14.4 Å². The van der Waals surface area contributed by atoms with Crippen LogP contribution in [0, 0.1) is 0 Å². The first kappa shape index (κ1) is 15.3. The predicted octanol–water partition coefficient (Wildman–Crippen LogP) is 5.91. The van der Waals surface area contributed by atoms with Crippen LogP contribution in [0.25, 0.3) is 0 Å². The highest BCUT2D eigenvalue weighted by molar-refractivity contribution is 9.10. The molecule has 2 aromatic rings. The van der Waals surface area contributed by atoms with Gasteiger partial charge in [-0.15, -0.1) is 11.3 Å². The van der Waals surface area contributed by atoms with Crippen molar-refractivity contribution in [3.8, 4) is 0 Å².